The quantitative estimate of drug-likeness (QED) is 0.750. The summed E-state index contributed by atoms with van der Waals surface area (Å²) in [6.07, 6.45) is 2.23. The van der Waals surface area contributed by atoms with E-state index in [0.717, 1.165) is 25.9 Å². The summed E-state index contributed by atoms with van der Waals surface area (Å²) in [7, 11) is 2.14. The van der Waals surface area contributed by atoms with Gasteiger partial charge in [0, 0.05) is 6.54 Å². The fraction of sp³-hybridized carbons (Fsp3) is 0.857. The number of nitrogens with two attached hydrogens (primary N) is 1. The van der Waals surface area contributed by atoms with Crippen molar-refractivity contribution in [1.29, 1.82) is 0 Å². The Morgan fingerprint density at radius 1 is 1.42 bits per heavy atom. The van der Waals surface area contributed by atoms with Crippen LogP contribution in [0.5, 0.6) is 0 Å². The summed E-state index contributed by atoms with van der Waals surface area (Å²) >= 11 is 4.99. The molecule has 1 aliphatic heterocycles. The molecule has 0 saturated carbocycles. The van der Waals surface area contributed by atoms with Crippen molar-refractivity contribution < 1.29 is 4.79 Å². The van der Waals surface area contributed by atoms with Crippen molar-refractivity contribution in [2.24, 2.45) is 23.0 Å². The molecule has 4 nitrogen and oxygen atoms in total. The Labute approximate surface area is 122 Å². The van der Waals surface area contributed by atoms with E-state index in [-0.39, 0.29) is 23.2 Å². The van der Waals surface area contributed by atoms with E-state index in [4.69, 9.17) is 18.0 Å². The van der Waals surface area contributed by atoms with Crippen molar-refractivity contribution >= 4 is 23.1 Å². The van der Waals surface area contributed by atoms with Crippen molar-refractivity contribution in [1.82, 2.24) is 10.2 Å². The van der Waals surface area contributed by atoms with E-state index in [0.29, 0.717) is 11.5 Å². The third kappa shape index (κ3) is 4.73. The molecule has 1 atom stereocenters. The fourth-order valence-corrected chi connectivity index (χ4v) is 2.89. The van der Waals surface area contributed by atoms with Gasteiger partial charge in [0.05, 0.1) is 10.9 Å². The monoisotopic (exact) mass is 285 g/mol. The number of hydrogen-bond donors (Lipinski definition) is 2. The van der Waals surface area contributed by atoms with Crippen molar-refractivity contribution in [3.63, 3.8) is 0 Å². The highest BCUT2D eigenvalue weighted by molar-refractivity contribution is 7.80. The van der Waals surface area contributed by atoms with Gasteiger partial charge in [-0.15, -0.1) is 0 Å². The first-order chi connectivity index (χ1) is 8.75. The minimum absolute atomic E-state index is 0.0253. The molecule has 0 aliphatic carbocycles. The molecular formula is C14H27N3OS. The predicted octanol–water partition coefficient (Wildman–Crippen LogP) is 1.39. The van der Waals surface area contributed by atoms with Crippen LogP contribution in [0.4, 0.5) is 0 Å². The Bertz CT molecular complexity index is 336. The average molecular weight is 285 g/mol. The molecule has 110 valence electrons. The molecule has 19 heavy (non-hydrogen) atoms. The number of amides is 1. The van der Waals surface area contributed by atoms with Crippen LogP contribution in [-0.4, -0.2) is 42.5 Å². The largest absolute Gasteiger partial charge is 0.393 e. The third-order valence-electron chi connectivity index (χ3n) is 4.14. The maximum Gasteiger partial charge on any atom is 0.230 e. The van der Waals surface area contributed by atoms with Crippen molar-refractivity contribution in [2.45, 2.75) is 33.6 Å². The third-order valence-corrected chi connectivity index (χ3v) is 4.39. The second kappa shape index (κ2) is 6.66. The van der Waals surface area contributed by atoms with Gasteiger partial charge in [-0.25, -0.2) is 0 Å². The number of piperidine rings is 1. The van der Waals surface area contributed by atoms with E-state index in [2.05, 4.69) is 24.2 Å². The molecule has 0 aromatic rings. The van der Waals surface area contributed by atoms with Gasteiger partial charge < -0.3 is 16.0 Å². The van der Waals surface area contributed by atoms with Crippen LogP contribution in [0.1, 0.15) is 33.6 Å². The second-order valence-corrected chi connectivity index (χ2v) is 6.93. The Kier molecular flexibility index (Phi) is 5.74. The van der Waals surface area contributed by atoms with Gasteiger partial charge in [-0.1, -0.05) is 33.0 Å². The van der Waals surface area contributed by atoms with E-state index in [1.54, 1.807) is 0 Å². The lowest BCUT2D eigenvalue weighted by molar-refractivity contribution is -0.124. The van der Waals surface area contributed by atoms with E-state index >= 15 is 0 Å². The minimum atomic E-state index is -0.357. The van der Waals surface area contributed by atoms with Gasteiger partial charge >= 0.3 is 0 Å². The van der Waals surface area contributed by atoms with Crippen LogP contribution in [0.3, 0.4) is 0 Å². The van der Waals surface area contributed by atoms with Crippen LogP contribution in [-0.2, 0) is 4.79 Å². The summed E-state index contributed by atoms with van der Waals surface area (Å²) in [4.78, 5) is 14.8. The number of thiocarbonyl (C=S) groups is 1. The summed E-state index contributed by atoms with van der Waals surface area (Å²) in [5.41, 5.74) is 5.86. The van der Waals surface area contributed by atoms with Gasteiger partial charge in [0.15, 0.2) is 0 Å². The summed E-state index contributed by atoms with van der Waals surface area (Å²) < 4.78 is 0. The molecule has 1 unspecified atom stereocenters. The highest BCUT2D eigenvalue weighted by Crippen LogP contribution is 2.29. The summed E-state index contributed by atoms with van der Waals surface area (Å²) in [5, 5.41) is 3.05. The van der Waals surface area contributed by atoms with Gasteiger partial charge in [-0.05, 0) is 44.3 Å². The number of likely N-dealkylation sites (tertiary alicyclic amines) is 1. The van der Waals surface area contributed by atoms with E-state index < -0.39 is 0 Å². The van der Waals surface area contributed by atoms with Crippen LogP contribution in [0.15, 0.2) is 0 Å². The number of hydrogen-bond acceptors (Lipinski definition) is 3. The molecular weight excluding hydrogens is 258 g/mol. The average Bonchev–Trinajstić information content (AvgIpc) is 2.30. The lowest BCUT2D eigenvalue weighted by atomic mass is 9.80. The molecule has 1 fully saturated rings. The summed E-state index contributed by atoms with van der Waals surface area (Å²) in [5.74, 6) is -0.240. The van der Waals surface area contributed by atoms with Crippen molar-refractivity contribution in [2.75, 3.05) is 26.7 Å². The van der Waals surface area contributed by atoms with Gasteiger partial charge in [0.25, 0.3) is 0 Å². The smallest absolute Gasteiger partial charge is 0.230 e. The van der Waals surface area contributed by atoms with E-state index in [9.17, 15) is 4.79 Å². The zero-order valence-electron chi connectivity index (χ0n) is 12.5. The Morgan fingerprint density at radius 2 is 1.95 bits per heavy atom. The Hall–Kier alpha value is -0.680. The molecule has 1 aliphatic rings. The van der Waals surface area contributed by atoms with Gasteiger partial charge in [-0.3, -0.25) is 4.79 Å². The molecule has 1 rings (SSSR count). The summed E-state index contributed by atoms with van der Waals surface area (Å²) in [6, 6.07) is 0. The first kappa shape index (κ1) is 16.4. The normalized spacial score (nSPS) is 21.1. The fourth-order valence-electron chi connectivity index (χ4n) is 2.51. The van der Waals surface area contributed by atoms with Crippen LogP contribution < -0.4 is 11.1 Å². The zero-order valence-corrected chi connectivity index (χ0v) is 13.3. The molecule has 0 aromatic carbocycles. The van der Waals surface area contributed by atoms with Gasteiger partial charge in [0.2, 0.25) is 5.91 Å². The van der Waals surface area contributed by atoms with Crippen molar-refractivity contribution in [3.05, 3.63) is 0 Å². The van der Waals surface area contributed by atoms with Gasteiger partial charge in [0.1, 0.15) is 0 Å². The standard InChI is InChI=1S/C14H27N3OS/c1-10(2)11(12(15)19)13(18)16-9-14(3)5-7-17(4)8-6-14/h10-11H,5-9H2,1-4H3,(H2,15,19)(H,16,18). The highest BCUT2D eigenvalue weighted by atomic mass is 32.1. The maximum absolute atomic E-state index is 12.2. The molecule has 0 spiro atoms. The first-order valence-electron chi connectivity index (χ1n) is 7.01. The number of carbonyl (C=O) groups excluding carboxylic acids is 1. The highest BCUT2D eigenvalue weighted by Gasteiger charge is 2.31. The first-order valence-corrected chi connectivity index (χ1v) is 7.41. The molecule has 0 radical (unpaired) electrons. The Balaban J connectivity index is 2.51. The van der Waals surface area contributed by atoms with Gasteiger partial charge in [-0.2, -0.15) is 0 Å². The molecule has 1 amide bonds. The minimum Gasteiger partial charge on any atom is -0.393 e. The van der Waals surface area contributed by atoms with Crippen LogP contribution in [0.2, 0.25) is 0 Å². The van der Waals surface area contributed by atoms with Crippen LogP contribution in [0, 0.1) is 17.3 Å². The van der Waals surface area contributed by atoms with Crippen LogP contribution >= 0.6 is 12.2 Å². The zero-order chi connectivity index (χ0) is 14.6. The van der Waals surface area contributed by atoms with E-state index in [1.165, 1.54) is 0 Å². The van der Waals surface area contributed by atoms with Crippen molar-refractivity contribution in [3.8, 4) is 0 Å². The SMILES string of the molecule is CC(C)C(C(=O)NCC1(C)CCN(C)CC1)C(N)=S. The number of carbonyl (C=O) groups is 1. The number of nitrogens with zero attached hydrogens (tertiary/aromatic N) is 1. The Morgan fingerprint density at radius 3 is 2.37 bits per heavy atom. The molecule has 5 heteroatoms. The summed E-state index contributed by atoms with van der Waals surface area (Å²) in [6.45, 7) is 9.09. The molecule has 3 N–H and O–H groups in total. The molecule has 1 saturated heterocycles. The topological polar surface area (TPSA) is 58.4 Å². The number of nitrogens with one attached hydrogen (secondary N) is 1. The second-order valence-electron chi connectivity index (χ2n) is 6.46. The molecule has 0 aromatic heterocycles. The predicted molar refractivity (Wildman–Crippen MR) is 83.0 cm³/mol. The van der Waals surface area contributed by atoms with Crippen LogP contribution in [0.25, 0.3) is 0 Å². The molecule has 1 heterocycles. The lowest BCUT2D eigenvalue weighted by Crippen LogP contribution is -2.47. The lowest BCUT2D eigenvalue weighted by Gasteiger charge is -2.38. The maximum atomic E-state index is 12.2. The van der Waals surface area contributed by atoms with E-state index in [1.807, 2.05) is 13.8 Å². The molecule has 0 bridgehead atoms. The number of rotatable bonds is 5.